The molecule has 0 radical (unpaired) electrons. The maximum atomic E-state index is 15.1. The van der Waals surface area contributed by atoms with Gasteiger partial charge in [-0.25, -0.2) is 12.8 Å². The summed E-state index contributed by atoms with van der Waals surface area (Å²) >= 11 is 0. The Balaban J connectivity index is 1.69. The number of carbonyl (C=O) groups is 2. The minimum absolute atomic E-state index is 0.0472. The molecule has 1 aliphatic carbocycles. The molecular weight excluding hydrogens is 541 g/mol. The zero-order chi connectivity index (χ0) is 29.6. The lowest BCUT2D eigenvalue weighted by atomic mass is 9.95. The van der Waals surface area contributed by atoms with Crippen molar-refractivity contribution < 1.29 is 22.4 Å². The second kappa shape index (κ2) is 13.3. The van der Waals surface area contributed by atoms with Crippen LogP contribution < -0.4 is 9.62 Å². The molecule has 1 unspecified atom stereocenters. The minimum atomic E-state index is -4.33. The van der Waals surface area contributed by atoms with Gasteiger partial charge in [0.05, 0.1) is 10.6 Å². The van der Waals surface area contributed by atoms with Crippen LogP contribution in [0.4, 0.5) is 10.1 Å². The second-order valence-electron chi connectivity index (χ2n) is 10.7. The van der Waals surface area contributed by atoms with E-state index >= 15 is 4.39 Å². The van der Waals surface area contributed by atoms with Crippen molar-refractivity contribution >= 4 is 27.5 Å². The smallest absolute Gasteiger partial charge is 0.264 e. The Morgan fingerprint density at radius 3 is 2.22 bits per heavy atom. The van der Waals surface area contributed by atoms with Crippen molar-refractivity contribution in [3.63, 3.8) is 0 Å². The molecule has 218 valence electrons. The zero-order valence-corrected chi connectivity index (χ0v) is 24.7. The van der Waals surface area contributed by atoms with E-state index in [2.05, 4.69) is 5.32 Å². The number of benzene rings is 3. The van der Waals surface area contributed by atoms with Crippen molar-refractivity contribution in [2.45, 2.75) is 76.4 Å². The van der Waals surface area contributed by atoms with Gasteiger partial charge in [0, 0.05) is 12.6 Å². The Kier molecular flexibility index (Phi) is 9.81. The first-order valence-corrected chi connectivity index (χ1v) is 15.5. The third-order valence-corrected chi connectivity index (χ3v) is 9.50. The summed E-state index contributed by atoms with van der Waals surface area (Å²) in [5.41, 5.74) is 2.39. The van der Waals surface area contributed by atoms with E-state index in [1.807, 2.05) is 38.1 Å². The monoisotopic (exact) mass is 579 g/mol. The fraction of sp³-hybridized carbons (Fsp3) is 0.375. The molecule has 41 heavy (non-hydrogen) atoms. The lowest BCUT2D eigenvalue weighted by Gasteiger charge is -2.33. The fourth-order valence-electron chi connectivity index (χ4n) is 5.13. The maximum Gasteiger partial charge on any atom is 0.264 e. The first-order chi connectivity index (χ1) is 19.6. The van der Waals surface area contributed by atoms with Crippen molar-refractivity contribution in [1.29, 1.82) is 0 Å². The van der Waals surface area contributed by atoms with Gasteiger partial charge in [-0.2, -0.15) is 0 Å². The Morgan fingerprint density at radius 1 is 0.927 bits per heavy atom. The van der Waals surface area contributed by atoms with Gasteiger partial charge < -0.3 is 10.2 Å². The summed E-state index contributed by atoms with van der Waals surface area (Å²) in [5.74, 6) is -1.68. The third-order valence-electron chi connectivity index (χ3n) is 7.73. The van der Waals surface area contributed by atoms with Crippen LogP contribution in [0, 0.1) is 19.7 Å². The van der Waals surface area contributed by atoms with E-state index < -0.39 is 34.3 Å². The molecule has 0 bridgehead atoms. The van der Waals surface area contributed by atoms with Crippen LogP contribution in [-0.2, 0) is 26.2 Å². The third kappa shape index (κ3) is 7.33. The number of hydrogen-bond acceptors (Lipinski definition) is 4. The summed E-state index contributed by atoms with van der Waals surface area (Å²) in [6, 6.07) is 18.3. The van der Waals surface area contributed by atoms with Crippen LogP contribution in [0.5, 0.6) is 0 Å². The molecule has 3 aromatic rings. The predicted molar refractivity (Wildman–Crippen MR) is 158 cm³/mol. The van der Waals surface area contributed by atoms with Crippen LogP contribution >= 0.6 is 0 Å². The second-order valence-corrected chi connectivity index (χ2v) is 12.6. The highest BCUT2D eigenvalue weighted by molar-refractivity contribution is 7.92. The SMILES string of the molecule is Cc1ccc(S(=O)(=O)N(CC(=O)N(Cc2ccccc2C)C(C)C(=O)NC2CCCCC2)c2ccccc2F)cc1. The molecule has 0 heterocycles. The quantitative estimate of drug-likeness (QED) is 0.344. The zero-order valence-electron chi connectivity index (χ0n) is 23.8. The molecule has 7 nitrogen and oxygen atoms in total. The van der Waals surface area contributed by atoms with Crippen molar-refractivity contribution in [3.05, 3.63) is 95.3 Å². The summed E-state index contributed by atoms with van der Waals surface area (Å²) in [7, 11) is -4.33. The number of halogens is 1. The first-order valence-electron chi connectivity index (χ1n) is 14.1. The number of nitrogens with zero attached hydrogens (tertiary/aromatic N) is 2. The summed E-state index contributed by atoms with van der Waals surface area (Å²) < 4.78 is 43.5. The first kappa shape index (κ1) is 30.2. The van der Waals surface area contributed by atoms with Crippen LogP contribution in [0.25, 0.3) is 0 Å². The molecule has 1 saturated carbocycles. The number of anilines is 1. The van der Waals surface area contributed by atoms with Gasteiger partial charge >= 0.3 is 0 Å². The van der Waals surface area contributed by atoms with Gasteiger partial charge in [-0.15, -0.1) is 0 Å². The number of rotatable bonds is 10. The molecule has 1 N–H and O–H groups in total. The van der Waals surface area contributed by atoms with Gasteiger partial charge in [-0.05, 0) is 69.0 Å². The molecule has 0 spiro atoms. The van der Waals surface area contributed by atoms with Crippen molar-refractivity contribution in [1.82, 2.24) is 10.2 Å². The largest absolute Gasteiger partial charge is 0.352 e. The van der Waals surface area contributed by atoms with E-state index in [0.717, 1.165) is 59.2 Å². The molecule has 0 aromatic heterocycles. The highest BCUT2D eigenvalue weighted by atomic mass is 32.2. The number of amides is 2. The van der Waals surface area contributed by atoms with Gasteiger partial charge in [0.1, 0.15) is 18.4 Å². The number of nitrogens with one attached hydrogen (secondary N) is 1. The number of para-hydroxylation sites is 1. The Labute approximate surface area is 242 Å². The lowest BCUT2D eigenvalue weighted by Crippen LogP contribution is -2.53. The Hall–Kier alpha value is -3.72. The van der Waals surface area contributed by atoms with Crippen LogP contribution in [-0.4, -0.2) is 43.8 Å². The average Bonchev–Trinajstić information content (AvgIpc) is 2.96. The highest BCUT2D eigenvalue weighted by Crippen LogP contribution is 2.27. The normalized spacial score (nSPS) is 14.7. The molecule has 0 aliphatic heterocycles. The Morgan fingerprint density at radius 2 is 1.56 bits per heavy atom. The molecule has 1 aliphatic rings. The van der Waals surface area contributed by atoms with E-state index in [-0.39, 0.29) is 29.1 Å². The topological polar surface area (TPSA) is 86.8 Å². The Bertz CT molecular complexity index is 1470. The fourth-order valence-corrected chi connectivity index (χ4v) is 6.55. The van der Waals surface area contributed by atoms with Crippen LogP contribution in [0.3, 0.4) is 0 Å². The van der Waals surface area contributed by atoms with Gasteiger partial charge in [-0.1, -0.05) is 73.4 Å². The van der Waals surface area contributed by atoms with Crippen molar-refractivity contribution in [2.75, 3.05) is 10.8 Å². The van der Waals surface area contributed by atoms with Gasteiger partial charge in [0.15, 0.2) is 0 Å². The van der Waals surface area contributed by atoms with E-state index in [0.29, 0.717) is 0 Å². The van der Waals surface area contributed by atoms with Gasteiger partial charge in [-0.3, -0.25) is 13.9 Å². The van der Waals surface area contributed by atoms with Crippen LogP contribution in [0.1, 0.15) is 55.7 Å². The molecule has 2 amide bonds. The van der Waals surface area contributed by atoms with Gasteiger partial charge in [0.25, 0.3) is 10.0 Å². The van der Waals surface area contributed by atoms with Crippen LogP contribution in [0.15, 0.2) is 77.7 Å². The summed E-state index contributed by atoms with van der Waals surface area (Å²) in [6.45, 7) is 4.82. The predicted octanol–water partition coefficient (Wildman–Crippen LogP) is 5.50. The summed E-state index contributed by atoms with van der Waals surface area (Å²) in [5, 5.41) is 3.09. The summed E-state index contributed by atoms with van der Waals surface area (Å²) in [4.78, 5) is 28.8. The number of hydrogen-bond donors (Lipinski definition) is 1. The number of carbonyl (C=O) groups excluding carboxylic acids is 2. The number of sulfonamides is 1. The standard InChI is InChI=1S/C32H38FN3O4S/c1-23-17-19-28(20-18-23)41(39,40)36(30-16-10-9-15-29(30)33)22-31(37)35(21-26-12-8-7-11-24(26)2)25(3)32(38)34-27-13-5-4-6-14-27/h7-12,15-20,25,27H,4-6,13-14,21-22H2,1-3H3,(H,34,38). The van der Waals surface area contributed by atoms with E-state index in [9.17, 15) is 18.0 Å². The highest BCUT2D eigenvalue weighted by Gasteiger charge is 2.34. The van der Waals surface area contributed by atoms with Crippen LogP contribution in [0.2, 0.25) is 0 Å². The summed E-state index contributed by atoms with van der Waals surface area (Å²) in [6.07, 6.45) is 5.00. The van der Waals surface area contributed by atoms with Crippen molar-refractivity contribution in [2.24, 2.45) is 0 Å². The average molecular weight is 580 g/mol. The molecular formula is C32H38FN3O4S. The molecule has 0 saturated heterocycles. The lowest BCUT2D eigenvalue weighted by molar-refractivity contribution is -0.139. The van der Waals surface area contributed by atoms with Crippen molar-refractivity contribution in [3.8, 4) is 0 Å². The molecule has 4 rings (SSSR count). The van der Waals surface area contributed by atoms with E-state index in [1.54, 1.807) is 19.1 Å². The molecule has 1 fully saturated rings. The van der Waals surface area contributed by atoms with E-state index in [4.69, 9.17) is 0 Å². The maximum absolute atomic E-state index is 15.1. The van der Waals surface area contributed by atoms with E-state index in [1.165, 1.54) is 35.2 Å². The molecule has 1 atom stereocenters. The molecule has 9 heteroatoms. The molecule has 3 aromatic carbocycles. The van der Waals surface area contributed by atoms with Gasteiger partial charge in [0.2, 0.25) is 11.8 Å². The minimum Gasteiger partial charge on any atom is -0.352 e. The number of aryl methyl sites for hydroxylation is 2.